The number of carbonyl (C=O) groups excluding carboxylic acids is 4. The number of cyclic esters (lactones) is 1. The molecule has 0 spiro atoms. The molecular formula is C31H46N4O7S. The van der Waals surface area contributed by atoms with E-state index in [2.05, 4.69) is 27.5 Å². The first-order valence-corrected chi connectivity index (χ1v) is 16.4. The van der Waals surface area contributed by atoms with E-state index < -0.39 is 29.6 Å². The van der Waals surface area contributed by atoms with Gasteiger partial charge in [-0.15, -0.1) is 0 Å². The van der Waals surface area contributed by atoms with Crippen LogP contribution < -0.4 is 10.6 Å². The van der Waals surface area contributed by atoms with Crippen LogP contribution >= 0.6 is 11.8 Å². The van der Waals surface area contributed by atoms with Crippen molar-refractivity contribution in [1.29, 1.82) is 0 Å². The highest BCUT2D eigenvalue weighted by Crippen LogP contribution is 2.23. The molecule has 0 saturated heterocycles. The molecule has 0 fully saturated rings. The molecule has 2 amide bonds. The molecule has 0 aromatic carbocycles. The third-order valence-corrected chi connectivity index (χ3v) is 8.28. The van der Waals surface area contributed by atoms with E-state index in [1.807, 2.05) is 6.08 Å². The van der Waals surface area contributed by atoms with Gasteiger partial charge in [0, 0.05) is 12.2 Å². The molecule has 2 aliphatic heterocycles. The van der Waals surface area contributed by atoms with E-state index >= 15 is 0 Å². The number of carbonyl (C=O) groups is 4. The lowest BCUT2D eigenvalue weighted by molar-refractivity contribution is -0.153. The number of oxazole rings is 1. The third-order valence-electron chi connectivity index (χ3n) is 7.26. The number of thioether (sulfide) groups is 1. The van der Waals surface area contributed by atoms with Crippen LogP contribution in [-0.4, -0.2) is 63.8 Å². The fourth-order valence-corrected chi connectivity index (χ4v) is 5.44. The molecule has 3 atom stereocenters. The summed E-state index contributed by atoms with van der Waals surface area (Å²) in [6, 6.07) is -0.949. The molecule has 4 bridgehead atoms. The number of hydrogen-bond acceptors (Lipinski definition) is 10. The average molecular weight is 619 g/mol. The summed E-state index contributed by atoms with van der Waals surface area (Å²) in [5.41, 5.74) is -0.942. The van der Waals surface area contributed by atoms with Crippen molar-refractivity contribution >= 4 is 40.6 Å². The maximum absolute atomic E-state index is 13.2. The largest absolute Gasteiger partial charge is 0.473 e. The number of amides is 2. The Morgan fingerprint density at radius 3 is 2.72 bits per heavy atom. The second kappa shape index (κ2) is 17.2. The Morgan fingerprint density at radius 2 is 1.95 bits per heavy atom. The Morgan fingerprint density at radius 1 is 1.16 bits per heavy atom. The van der Waals surface area contributed by atoms with Gasteiger partial charge in [-0.2, -0.15) is 0 Å². The molecule has 12 heteroatoms. The van der Waals surface area contributed by atoms with Crippen LogP contribution in [0.25, 0.3) is 0 Å². The van der Waals surface area contributed by atoms with Gasteiger partial charge >= 0.3 is 5.97 Å². The van der Waals surface area contributed by atoms with Crippen LogP contribution in [0.4, 0.5) is 0 Å². The molecule has 2 N–H and O–H groups in total. The number of rotatable bonds is 13. The van der Waals surface area contributed by atoms with Crippen molar-refractivity contribution < 1.29 is 33.1 Å². The maximum Gasteiger partial charge on any atom is 0.329 e. The minimum absolute atomic E-state index is 0.0238. The van der Waals surface area contributed by atoms with Crippen molar-refractivity contribution in [2.24, 2.45) is 10.9 Å². The van der Waals surface area contributed by atoms with Gasteiger partial charge in [-0.25, -0.2) is 14.8 Å². The molecule has 3 rings (SSSR count). The first-order valence-electron chi connectivity index (χ1n) is 15.4. The second-order valence-electron chi connectivity index (χ2n) is 11.6. The number of aromatic nitrogens is 1. The van der Waals surface area contributed by atoms with E-state index in [9.17, 15) is 19.2 Å². The number of allylic oxidation sites excluding steroid dienone is 1. The normalized spacial score (nSPS) is 23.1. The predicted molar refractivity (Wildman–Crippen MR) is 164 cm³/mol. The zero-order valence-electron chi connectivity index (χ0n) is 25.8. The van der Waals surface area contributed by atoms with Crippen LogP contribution in [0.1, 0.15) is 103 Å². The van der Waals surface area contributed by atoms with Crippen molar-refractivity contribution in [3.8, 4) is 0 Å². The Bertz CT molecular complexity index is 1160. The van der Waals surface area contributed by atoms with E-state index in [-0.39, 0.29) is 48.3 Å². The highest BCUT2D eigenvalue weighted by Gasteiger charge is 2.43. The SMILES string of the molecule is CCCCCCCC(=O)SCCCCC=CC1CC(=O)NCc2nc(co2)C2=N[C@@](C)(CO2)C(=O)NC(C(C)C)C(=O)O1. The lowest BCUT2D eigenvalue weighted by atomic mass is 10.00. The van der Waals surface area contributed by atoms with Crippen molar-refractivity contribution in [1.82, 2.24) is 15.6 Å². The summed E-state index contributed by atoms with van der Waals surface area (Å²) in [4.78, 5) is 60.0. The van der Waals surface area contributed by atoms with E-state index in [4.69, 9.17) is 13.9 Å². The predicted octanol–water partition coefficient (Wildman–Crippen LogP) is 4.63. The number of ether oxygens (including phenoxy) is 2. The van der Waals surface area contributed by atoms with Crippen LogP contribution in [-0.2, 0) is 35.2 Å². The van der Waals surface area contributed by atoms with Crippen LogP contribution in [0.3, 0.4) is 0 Å². The molecule has 0 saturated carbocycles. The van der Waals surface area contributed by atoms with Crippen molar-refractivity contribution in [3.63, 3.8) is 0 Å². The Labute approximate surface area is 258 Å². The lowest BCUT2D eigenvalue weighted by Crippen LogP contribution is -2.53. The van der Waals surface area contributed by atoms with Crippen LogP contribution in [0.5, 0.6) is 0 Å². The average Bonchev–Trinajstić information content (AvgIpc) is 3.60. The number of aliphatic imine (C=N–C) groups is 1. The summed E-state index contributed by atoms with van der Waals surface area (Å²) < 4.78 is 16.8. The molecule has 0 aliphatic carbocycles. The summed E-state index contributed by atoms with van der Waals surface area (Å²) in [5.74, 6) is -0.573. The topological polar surface area (TPSA) is 149 Å². The van der Waals surface area contributed by atoms with Crippen molar-refractivity contribution in [2.75, 3.05) is 12.4 Å². The fourth-order valence-electron chi connectivity index (χ4n) is 4.57. The summed E-state index contributed by atoms with van der Waals surface area (Å²) in [7, 11) is 0. The van der Waals surface area contributed by atoms with E-state index in [0.717, 1.165) is 31.4 Å². The minimum atomic E-state index is -1.26. The highest BCUT2D eigenvalue weighted by atomic mass is 32.2. The molecular weight excluding hydrogens is 572 g/mol. The quantitative estimate of drug-likeness (QED) is 0.183. The first-order chi connectivity index (χ1) is 20.6. The number of unbranched alkanes of at least 4 members (excludes halogenated alkanes) is 6. The van der Waals surface area contributed by atoms with Crippen LogP contribution in [0, 0.1) is 5.92 Å². The standard InChI is InChI=1S/C31H46N4O7S/c1-5-6-7-8-12-15-26(37)43-16-13-10-9-11-14-22-17-24(36)32-18-25-33-23(19-40-25)28-35-31(4,20-41-28)30(39)34-27(21(2)3)29(38)42-22/h11,14,19,21-22,27H,5-10,12-13,15-18,20H2,1-4H3,(H,32,36)(H,34,39)/t22?,27?,31-/m0/s1. The molecule has 11 nitrogen and oxygen atoms in total. The van der Waals surface area contributed by atoms with Gasteiger partial charge in [-0.3, -0.25) is 14.4 Å². The Kier molecular flexibility index (Phi) is 13.8. The van der Waals surface area contributed by atoms with Crippen molar-refractivity contribution in [3.05, 3.63) is 30.0 Å². The van der Waals surface area contributed by atoms with Gasteiger partial charge < -0.3 is 24.5 Å². The smallest absolute Gasteiger partial charge is 0.329 e. The Hall–Kier alpha value is -3.15. The molecule has 2 unspecified atom stereocenters. The van der Waals surface area contributed by atoms with Crippen LogP contribution in [0.15, 0.2) is 27.8 Å². The first kappa shape index (κ1) is 34.3. The molecule has 238 valence electrons. The number of hydrogen-bond donors (Lipinski definition) is 2. The van der Waals surface area contributed by atoms with Gasteiger partial charge in [0.15, 0.2) is 16.3 Å². The second-order valence-corrected chi connectivity index (χ2v) is 12.7. The summed E-state index contributed by atoms with van der Waals surface area (Å²) in [6.07, 6.45) is 12.8. The molecule has 1 aromatic rings. The van der Waals surface area contributed by atoms with Gasteiger partial charge in [0.05, 0.1) is 13.0 Å². The highest BCUT2D eigenvalue weighted by molar-refractivity contribution is 8.13. The van der Waals surface area contributed by atoms with Gasteiger partial charge in [0.1, 0.15) is 25.0 Å². The van der Waals surface area contributed by atoms with Gasteiger partial charge in [-0.1, -0.05) is 64.3 Å². The summed E-state index contributed by atoms with van der Waals surface area (Å²) >= 11 is 1.40. The minimum Gasteiger partial charge on any atom is -0.473 e. The van der Waals surface area contributed by atoms with Gasteiger partial charge in [0.25, 0.3) is 5.91 Å². The monoisotopic (exact) mass is 618 g/mol. The Balaban J connectivity index is 1.58. The van der Waals surface area contributed by atoms with Crippen LogP contribution in [0.2, 0.25) is 0 Å². The van der Waals surface area contributed by atoms with Crippen molar-refractivity contribution in [2.45, 2.75) is 116 Å². The van der Waals surface area contributed by atoms with E-state index in [1.165, 1.54) is 37.3 Å². The third kappa shape index (κ3) is 11.1. The van der Waals surface area contributed by atoms with Gasteiger partial charge in [0.2, 0.25) is 17.7 Å². The molecule has 3 heterocycles. The van der Waals surface area contributed by atoms with Gasteiger partial charge in [-0.05, 0) is 44.6 Å². The molecule has 2 aliphatic rings. The van der Waals surface area contributed by atoms with E-state index in [1.54, 1.807) is 26.8 Å². The maximum atomic E-state index is 13.2. The molecule has 1 aromatic heterocycles. The molecule has 43 heavy (non-hydrogen) atoms. The zero-order valence-corrected chi connectivity index (χ0v) is 26.6. The summed E-state index contributed by atoms with van der Waals surface area (Å²) in [6.45, 7) is 7.41. The number of nitrogens with zero attached hydrogens (tertiary/aromatic N) is 2. The summed E-state index contributed by atoms with van der Waals surface area (Å²) in [5, 5.41) is 5.77. The zero-order chi connectivity index (χ0) is 31.2. The molecule has 0 radical (unpaired) electrons. The number of fused-ring (bicyclic) bond motifs is 4. The number of esters is 1. The lowest BCUT2D eigenvalue weighted by Gasteiger charge is -2.26. The van der Waals surface area contributed by atoms with E-state index in [0.29, 0.717) is 18.5 Å². The fraction of sp³-hybridized carbons (Fsp3) is 0.677. The number of nitrogens with one attached hydrogen (secondary N) is 2.